The summed E-state index contributed by atoms with van der Waals surface area (Å²) in [4.78, 5) is 3.85. The Hall–Kier alpha value is -1.32. The molecule has 102 valence electrons. The van der Waals surface area contributed by atoms with E-state index < -0.39 is 0 Å². The average Bonchev–Trinajstić information content (AvgIpc) is 2.91. The lowest BCUT2D eigenvalue weighted by atomic mass is 10.1. The summed E-state index contributed by atoms with van der Waals surface area (Å²) >= 11 is 1.83. The molecule has 0 aliphatic rings. The molecule has 2 nitrogen and oxygen atoms in total. The van der Waals surface area contributed by atoms with E-state index in [4.69, 9.17) is 5.73 Å². The number of nitrogen functional groups attached to an aromatic ring is 1. The lowest BCUT2D eigenvalue weighted by Gasteiger charge is -2.23. The van der Waals surface area contributed by atoms with E-state index in [9.17, 15) is 0 Å². The van der Waals surface area contributed by atoms with E-state index in [0.29, 0.717) is 6.04 Å². The summed E-state index contributed by atoms with van der Waals surface area (Å²) < 4.78 is 0. The fourth-order valence-electron chi connectivity index (χ4n) is 2.22. The Kier molecular flexibility index (Phi) is 5.00. The number of hydrogen-bond donors (Lipinski definition) is 1. The zero-order valence-corrected chi connectivity index (χ0v) is 12.5. The second-order valence-corrected chi connectivity index (χ2v) is 6.00. The van der Waals surface area contributed by atoms with E-state index >= 15 is 0 Å². The Morgan fingerprint density at radius 1 is 1.26 bits per heavy atom. The van der Waals surface area contributed by atoms with Gasteiger partial charge in [-0.2, -0.15) is 0 Å². The number of nitrogens with two attached hydrogens (primary N) is 1. The van der Waals surface area contributed by atoms with Crippen molar-refractivity contribution in [1.29, 1.82) is 0 Å². The highest BCUT2D eigenvalue weighted by Gasteiger charge is 2.11. The van der Waals surface area contributed by atoms with Crippen LogP contribution in [-0.2, 0) is 6.42 Å². The maximum absolute atomic E-state index is 5.79. The molecular weight excluding hydrogens is 252 g/mol. The van der Waals surface area contributed by atoms with Gasteiger partial charge in [0.15, 0.2) is 0 Å². The highest BCUT2D eigenvalue weighted by molar-refractivity contribution is 7.10. The van der Waals surface area contributed by atoms with Gasteiger partial charge in [-0.1, -0.05) is 18.2 Å². The number of nitrogens with zero attached hydrogens (tertiary/aromatic N) is 1. The van der Waals surface area contributed by atoms with E-state index in [-0.39, 0.29) is 0 Å². The molecule has 1 aromatic heterocycles. The summed E-state index contributed by atoms with van der Waals surface area (Å²) in [6, 6.07) is 13.0. The monoisotopic (exact) mass is 274 g/mol. The van der Waals surface area contributed by atoms with Crippen LogP contribution < -0.4 is 5.73 Å². The van der Waals surface area contributed by atoms with E-state index in [1.807, 2.05) is 23.5 Å². The van der Waals surface area contributed by atoms with Gasteiger partial charge >= 0.3 is 0 Å². The largest absolute Gasteiger partial charge is 0.399 e. The summed E-state index contributed by atoms with van der Waals surface area (Å²) in [5.74, 6) is 0. The highest BCUT2D eigenvalue weighted by Crippen LogP contribution is 2.23. The van der Waals surface area contributed by atoms with Gasteiger partial charge in [0.05, 0.1) is 0 Å². The second kappa shape index (κ2) is 6.73. The molecule has 0 aliphatic carbocycles. The van der Waals surface area contributed by atoms with Crippen LogP contribution in [0.1, 0.15) is 29.8 Å². The molecule has 0 spiro atoms. The summed E-state index contributed by atoms with van der Waals surface area (Å²) in [6.07, 6.45) is 2.25. The van der Waals surface area contributed by atoms with E-state index in [1.165, 1.54) is 10.4 Å². The Morgan fingerprint density at radius 2 is 2.11 bits per heavy atom. The quantitative estimate of drug-likeness (QED) is 0.808. The molecule has 0 saturated carbocycles. The van der Waals surface area contributed by atoms with Gasteiger partial charge in [0.25, 0.3) is 0 Å². The van der Waals surface area contributed by atoms with Crippen molar-refractivity contribution in [2.24, 2.45) is 0 Å². The third kappa shape index (κ3) is 4.08. The van der Waals surface area contributed by atoms with Crippen molar-refractivity contribution in [3.63, 3.8) is 0 Å². The van der Waals surface area contributed by atoms with Gasteiger partial charge in [-0.05, 0) is 62.5 Å². The first-order valence-electron chi connectivity index (χ1n) is 6.75. The molecule has 1 unspecified atom stereocenters. The maximum Gasteiger partial charge on any atom is 0.0410 e. The van der Waals surface area contributed by atoms with Crippen LogP contribution in [-0.4, -0.2) is 18.5 Å². The van der Waals surface area contributed by atoms with E-state index in [2.05, 4.69) is 48.5 Å². The Balaban J connectivity index is 1.79. The molecule has 0 aliphatic heterocycles. The predicted molar refractivity (Wildman–Crippen MR) is 84.5 cm³/mol. The maximum atomic E-state index is 5.79. The molecule has 0 bridgehead atoms. The summed E-state index contributed by atoms with van der Waals surface area (Å²) in [6.45, 7) is 3.38. The minimum Gasteiger partial charge on any atom is -0.399 e. The normalized spacial score (nSPS) is 12.8. The fourth-order valence-corrected chi connectivity index (χ4v) is 3.07. The van der Waals surface area contributed by atoms with Crippen LogP contribution in [0, 0.1) is 0 Å². The van der Waals surface area contributed by atoms with Crippen molar-refractivity contribution in [3.05, 3.63) is 52.2 Å². The first kappa shape index (κ1) is 14.1. The van der Waals surface area contributed by atoms with Crippen molar-refractivity contribution >= 4 is 17.0 Å². The minimum absolute atomic E-state index is 0.501. The lowest BCUT2D eigenvalue weighted by Crippen LogP contribution is -2.23. The molecule has 0 saturated heterocycles. The number of aryl methyl sites for hydroxylation is 1. The average molecular weight is 274 g/mol. The van der Waals surface area contributed by atoms with Crippen LogP contribution in [0.4, 0.5) is 5.69 Å². The number of hydrogen-bond acceptors (Lipinski definition) is 3. The Morgan fingerprint density at radius 3 is 2.79 bits per heavy atom. The number of thiophene rings is 1. The van der Waals surface area contributed by atoms with Crippen LogP contribution >= 0.6 is 11.3 Å². The number of rotatable bonds is 6. The van der Waals surface area contributed by atoms with Crippen LogP contribution in [0.25, 0.3) is 0 Å². The molecule has 1 aromatic carbocycles. The van der Waals surface area contributed by atoms with Gasteiger partial charge in [-0.25, -0.2) is 0 Å². The SMILES string of the molecule is CC(c1cccs1)N(C)CCCc1cccc(N)c1. The van der Waals surface area contributed by atoms with Gasteiger partial charge in [0.1, 0.15) is 0 Å². The Labute approximate surface area is 119 Å². The van der Waals surface area contributed by atoms with Gasteiger partial charge in [-0.3, -0.25) is 4.90 Å². The molecule has 0 amide bonds. The molecule has 1 atom stereocenters. The van der Waals surface area contributed by atoms with Crippen molar-refractivity contribution in [2.45, 2.75) is 25.8 Å². The van der Waals surface area contributed by atoms with Crippen molar-refractivity contribution in [2.75, 3.05) is 19.3 Å². The summed E-state index contributed by atoms with van der Waals surface area (Å²) in [5.41, 5.74) is 7.98. The van der Waals surface area contributed by atoms with Crippen LogP contribution in [0.3, 0.4) is 0 Å². The van der Waals surface area contributed by atoms with Gasteiger partial charge in [0, 0.05) is 16.6 Å². The van der Waals surface area contributed by atoms with E-state index in [1.54, 1.807) is 0 Å². The topological polar surface area (TPSA) is 29.3 Å². The molecule has 19 heavy (non-hydrogen) atoms. The first-order chi connectivity index (χ1) is 9.16. The molecule has 0 radical (unpaired) electrons. The zero-order valence-electron chi connectivity index (χ0n) is 11.7. The van der Waals surface area contributed by atoms with Crippen molar-refractivity contribution in [1.82, 2.24) is 4.90 Å². The molecular formula is C16H22N2S. The summed E-state index contributed by atoms with van der Waals surface area (Å²) in [5, 5.41) is 2.15. The minimum atomic E-state index is 0.501. The van der Waals surface area contributed by atoms with Gasteiger partial charge in [0.2, 0.25) is 0 Å². The van der Waals surface area contributed by atoms with Gasteiger partial charge in [-0.15, -0.1) is 11.3 Å². The molecule has 2 rings (SSSR count). The standard InChI is InChI=1S/C16H22N2S/c1-13(16-9-5-11-19-16)18(2)10-4-7-14-6-3-8-15(17)12-14/h3,5-6,8-9,11-13H,4,7,10,17H2,1-2H3. The fraction of sp³-hybridized carbons (Fsp3) is 0.375. The van der Waals surface area contributed by atoms with Crippen LogP contribution in [0.15, 0.2) is 41.8 Å². The predicted octanol–water partition coefficient (Wildman–Crippen LogP) is 3.96. The smallest absolute Gasteiger partial charge is 0.0410 e. The first-order valence-corrected chi connectivity index (χ1v) is 7.63. The van der Waals surface area contributed by atoms with Crippen molar-refractivity contribution in [3.8, 4) is 0 Å². The molecule has 2 aromatic rings. The molecule has 1 heterocycles. The van der Waals surface area contributed by atoms with Crippen molar-refractivity contribution < 1.29 is 0 Å². The lowest BCUT2D eigenvalue weighted by molar-refractivity contribution is 0.262. The third-order valence-corrected chi connectivity index (χ3v) is 4.59. The molecule has 3 heteroatoms. The molecule has 0 fully saturated rings. The highest BCUT2D eigenvalue weighted by atomic mass is 32.1. The zero-order chi connectivity index (χ0) is 13.7. The Bertz CT molecular complexity index is 493. The second-order valence-electron chi connectivity index (χ2n) is 5.02. The third-order valence-electron chi connectivity index (χ3n) is 3.54. The number of benzene rings is 1. The van der Waals surface area contributed by atoms with Crippen LogP contribution in [0.2, 0.25) is 0 Å². The number of anilines is 1. The van der Waals surface area contributed by atoms with E-state index in [0.717, 1.165) is 25.1 Å². The van der Waals surface area contributed by atoms with Crippen LogP contribution in [0.5, 0.6) is 0 Å². The van der Waals surface area contributed by atoms with Gasteiger partial charge < -0.3 is 5.73 Å². The summed E-state index contributed by atoms with van der Waals surface area (Å²) in [7, 11) is 2.20. The molecule has 2 N–H and O–H groups in total.